The average Bonchev–Trinajstić information content (AvgIpc) is 3.25. The number of nitrogens with one attached hydrogen (secondary N) is 1. The second kappa shape index (κ2) is 12.2. The molecule has 0 saturated heterocycles. The van der Waals surface area contributed by atoms with Gasteiger partial charge >= 0.3 is 12.0 Å². The van der Waals surface area contributed by atoms with Crippen molar-refractivity contribution < 1.29 is 18.8 Å². The second-order valence-electron chi connectivity index (χ2n) is 11.3. The molecule has 9 heteroatoms. The van der Waals surface area contributed by atoms with E-state index in [9.17, 15) is 9.59 Å². The Hall–Kier alpha value is -2.39. The lowest BCUT2D eigenvalue weighted by Gasteiger charge is -2.36. The molecule has 0 aliphatic rings. The molecule has 200 valence electrons. The van der Waals surface area contributed by atoms with Gasteiger partial charge in [0.2, 0.25) is 8.32 Å². The molecule has 7 nitrogen and oxygen atoms in total. The maximum Gasteiger partial charge on any atom is 0.328 e. The number of ether oxygens (including phenoxy) is 1. The van der Waals surface area contributed by atoms with Crippen LogP contribution in [0.5, 0.6) is 5.75 Å². The molecule has 0 spiro atoms. The Morgan fingerprint density at radius 3 is 2.28 bits per heavy atom. The van der Waals surface area contributed by atoms with Crippen molar-refractivity contribution in [3.63, 3.8) is 0 Å². The third kappa shape index (κ3) is 8.06. The monoisotopic (exact) mass is 533 g/mol. The second-order valence-corrected chi connectivity index (χ2v) is 17.0. The predicted octanol–water partition coefficient (Wildman–Crippen LogP) is 6.21. The highest BCUT2D eigenvalue weighted by atomic mass is 32.1. The highest BCUT2D eigenvalue weighted by Gasteiger charge is 2.38. The molecule has 2 aromatic rings. The largest absolute Gasteiger partial charge is 0.544 e. The van der Waals surface area contributed by atoms with Crippen molar-refractivity contribution in [3.8, 4) is 5.75 Å². The summed E-state index contributed by atoms with van der Waals surface area (Å²) in [7, 11) is 1.16. The number of methoxy groups -OCH3 is 1. The van der Waals surface area contributed by atoms with Crippen LogP contribution in [-0.2, 0) is 22.5 Å². The maximum atomic E-state index is 12.6. The summed E-state index contributed by atoms with van der Waals surface area (Å²) in [5.74, 6) is 0.660. The minimum Gasteiger partial charge on any atom is -0.544 e. The summed E-state index contributed by atoms with van der Waals surface area (Å²) < 4.78 is 11.2. The molecule has 0 radical (unpaired) electrons. The highest BCUT2D eigenvalue weighted by Crippen LogP contribution is 2.37. The number of amides is 2. The standard InChI is InChI=1S/C27H43N3O4SSi/c1-18(2)23(25(31)33-8)29-26(32)30(7)16-21-17-35-24(28-21)19(3)15-20-11-13-22(14-12-20)34-36(9,10)27(4,5)6/h11-14,17-19,23H,15-16H2,1-10H3,(H,29,32)/t19?,23-/m0/s1. The molecule has 36 heavy (non-hydrogen) atoms. The Balaban J connectivity index is 1.96. The number of carbonyl (C=O) groups is 2. The van der Waals surface area contributed by atoms with E-state index in [1.807, 2.05) is 19.2 Å². The molecule has 1 aromatic heterocycles. The van der Waals surface area contributed by atoms with Crippen LogP contribution in [-0.4, -0.2) is 50.4 Å². The SMILES string of the molecule is COC(=O)[C@@H](NC(=O)N(C)Cc1csc(C(C)Cc2ccc(O[Si](C)(C)C(C)(C)C)cc2)n1)C(C)C. The van der Waals surface area contributed by atoms with Crippen LogP contribution in [0.2, 0.25) is 18.1 Å². The summed E-state index contributed by atoms with van der Waals surface area (Å²) in [5, 5.41) is 5.95. The Kier molecular flexibility index (Phi) is 10.1. The van der Waals surface area contributed by atoms with Gasteiger partial charge in [0.25, 0.3) is 0 Å². The quantitative estimate of drug-likeness (QED) is 0.290. The summed E-state index contributed by atoms with van der Waals surface area (Å²) >= 11 is 1.61. The van der Waals surface area contributed by atoms with E-state index in [0.717, 1.165) is 22.9 Å². The highest BCUT2D eigenvalue weighted by molar-refractivity contribution is 7.09. The van der Waals surface area contributed by atoms with Gasteiger partial charge in [0.15, 0.2) is 0 Å². The normalized spacial score (nSPS) is 13.8. The summed E-state index contributed by atoms with van der Waals surface area (Å²) in [6, 6.07) is 7.40. The number of nitrogens with zero attached hydrogens (tertiary/aromatic N) is 2. The van der Waals surface area contributed by atoms with Crippen LogP contribution >= 0.6 is 11.3 Å². The van der Waals surface area contributed by atoms with Gasteiger partial charge in [-0.2, -0.15) is 0 Å². The molecule has 0 fully saturated rings. The minimum atomic E-state index is -1.85. The van der Waals surface area contributed by atoms with E-state index < -0.39 is 20.3 Å². The summed E-state index contributed by atoms with van der Waals surface area (Å²) in [6.45, 7) is 17.5. The van der Waals surface area contributed by atoms with Crippen molar-refractivity contribution in [1.29, 1.82) is 0 Å². The first kappa shape index (κ1) is 29.8. The van der Waals surface area contributed by atoms with Crippen LogP contribution in [0, 0.1) is 5.92 Å². The summed E-state index contributed by atoms with van der Waals surface area (Å²) in [6.07, 6.45) is 0.874. The number of hydrogen-bond acceptors (Lipinski definition) is 6. The average molecular weight is 534 g/mol. The smallest absolute Gasteiger partial charge is 0.328 e. The van der Waals surface area contributed by atoms with Gasteiger partial charge in [0.1, 0.15) is 11.8 Å². The van der Waals surface area contributed by atoms with E-state index >= 15 is 0 Å². The fraction of sp³-hybridized carbons (Fsp3) is 0.593. The van der Waals surface area contributed by atoms with E-state index in [2.05, 4.69) is 70.4 Å². The molecular formula is C27H43N3O4SSi. The number of hydrogen-bond donors (Lipinski definition) is 1. The van der Waals surface area contributed by atoms with E-state index in [0.29, 0.717) is 6.54 Å². The molecule has 1 aromatic carbocycles. The van der Waals surface area contributed by atoms with Crippen LogP contribution in [0.3, 0.4) is 0 Å². The molecular weight excluding hydrogens is 490 g/mol. The van der Waals surface area contributed by atoms with Gasteiger partial charge in [-0.3, -0.25) is 0 Å². The maximum absolute atomic E-state index is 12.6. The van der Waals surface area contributed by atoms with Gasteiger partial charge in [0.05, 0.1) is 24.4 Å². The fourth-order valence-electron chi connectivity index (χ4n) is 3.39. The first-order valence-corrected chi connectivity index (χ1v) is 16.2. The number of aromatic nitrogens is 1. The lowest BCUT2D eigenvalue weighted by atomic mass is 10.0. The molecule has 1 heterocycles. The van der Waals surface area contributed by atoms with Gasteiger partial charge in [-0.05, 0) is 48.2 Å². The Bertz CT molecular complexity index is 1010. The van der Waals surface area contributed by atoms with E-state index in [1.54, 1.807) is 18.4 Å². The topological polar surface area (TPSA) is 80.8 Å². The molecule has 0 bridgehead atoms. The zero-order chi connectivity index (χ0) is 27.3. The van der Waals surface area contributed by atoms with Gasteiger partial charge in [-0.15, -0.1) is 11.3 Å². The molecule has 2 amide bonds. The number of esters is 1. The lowest BCUT2D eigenvalue weighted by Crippen LogP contribution is -2.49. The zero-order valence-electron chi connectivity index (χ0n) is 23.5. The number of carbonyl (C=O) groups excluding carboxylic acids is 2. The van der Waals surface area contributed by atoms with Gasteiger partial charge in [-0.1, -0.05) is 53.7 Å². The van der Waals surface area contributed by atoms with E-state index in [1.165, 1.54) is 17.6 Å². The summed E-state index contributed by atoms with van der Waals surface area (Å²) in [5.41, 5.74) is 2.07. The van der Waals surface area contributed by atoms with Crippen molar-refractivity contribution >= 4 is 31.7 Å². The van der Waals surface area contributed by atoms with Crippen LogP contribution in [0.1, 0.15) is 63.7 Å². The van der Waals surface area contributed by atoms with Crippen molar-refractivity contribution in [2.75, 3.05) is 14.2 Å². The van der Waals surface area contributed by atoms with Crippen molar-refractivity contribution in [1.82, 2.24) is 15.2 Å². The van der Waals surface area contributed by atoms with Crippen molar-refractivity contribution in [3.05, 3.63) is 45.9 Å². The van der Waals surface area contributed by atoms with Crippen LogP contribution < -0.4 is 9.74 Å². The Morgan fingerprint density at radius 2 is 1.75 bits per heavy atom. The molecule has 0 saturated carbocycles. The first-order chi connectivity index (χ1) is 16.6. The van der Waals surface area contributed by atoms with Crippen LogP contribution in [0.4, 0.5) is 4.79 Å². The molecule has 0 aliphatic carbocycles. The molecule has 0 aliphatic heterocycles. The van der Waals surface area contributed by atoms with Crippen LogP contribution in [0.25, 0.3) is 0 Å². The number of rotatable bonds is 10. The molecule has 1 N–H and O–H groups in total. The molecule has 2 atom stereocenters. The van der Waals surface area contributed by atoms with Crippen LogP contribution in [0.15, 0.2) is 29.6 Å². The Morgan fingerprint density at radius 1 is 1.14 bits per heavy atom. The third-order valence-electron chi connectivity index (χ3n) is 6.78. The summed E-state index contributed by atoms with van der Waals surface area (Å²) in [4.78, 5) is 30.9. The van der Waals surface area contributed by atoms with Crippen molar-refractivity contribution in [2.24, 2.45) is 5.92 Å². The minimum absolute atomic E-state index is 0.0748. The first-order valence-electron chi connectivity index (χ1n) is 12.5. The van der Waals surface area contributed by atoms with Gasteiger partial charge in [-0.25, -0.2) is 14.6 Å². The van der Waals surface area contributed by atoms with Gasteiger partial charge in [0, 0.05) is 18.3 Å². The van der Waals surface area contributed by atoms with Gasteiger partial charge < -0.3 is 19.4 Å². The predicted molar refractivity (Wildman–Crippen MR) is 149 cm³/mol. The Labute approximate surface area is 221 Å². The molecule has 1 unspecified atom stereocenters. The van der Waals surface area contributed by atoms with E-state index in [-0.39, 0.29) is 22.9 Å². The molecule has 2 rings (SSSR count). The number of urea groups is 1. The third-order valence-corrected chi connectivity index (χ3v) is 12.3. The van der Waals surface area contributed by atoms with E-state index in [4.69, 9.17) is 14.1 Å². The number of thiazole rings is 1. The number of benzene rings is 1. The lowest BCUT2D eigenvalue weighted by molar-refractivity contribution is -0.144. The zero-order valence-corrected chi connectivity index (χ0v) is 25.3. The van der Waals surface area contributed by atoms with Crippen molar-refractivity contribution in [2.45, 2.75) is 84.6 Å². The fourth-order valence-corrected chi connectivity index (χ4v) is 5.29.